The molecule has 0 spiro atoms. The van der Waals surface area contributed by atoms with Crippen molar-refractivity contribution in [2.24, 2.45) is 16.6 Å². The number of halogens is 1. The minimum Gasteiger partial charge on any atom is -0.370 e. The summed E-state index contributed by atoms with van der Waals surface area (Å²) in [5.41, 5.74) is 5.91. The first-order valence-electron chi connectivity index (χ1n) is 8.06. The molecule has 1 saturated heterocycles. The number of nitrogens with one attached hydrogen (secondary N) is 1. The Morgan fingerprint density at radius 3 is 2.86 bits per heavy atom. The van der Waals surface area contributed by atoms with Gasteiger partial charge in [0.25, 0.3) is 0 Å². The number of rotatable bonds is 7. The summed E-state index contributed by atoms with van der Waals surface area (Å²) in [7, 11) is 0. The van der Waals surface area contributed by atoms with Crippen LogP contribution in [-0.2, 0) is 6.42 Å². The van der Waals surface area contributed by atoms with Gasteiger partial charge < -0.3 is 16.0 Å². The van der Waals surface area contributed by atoms with E-state index in [1.165, 1.54) is 43.8 Å². The van der Waals surface area contributed by atoms with Crippen LogP contribution in [0, 0.1) is 5.92 Å². The van der Waals surface area contributed by atoms with E-state index in [-0.39, 0.29) is 24.0 Å². The highest BCUT2D eigenvalue weighted by molar-refractivity contribution is 14.0. The molecule has 4 nitrogen and oxygen atoms in total. The first-order chi connectivity index (χ1) is 10.3. The predicted molar refractivity (Wildman–Crippen MR) is 107 cm³/mol. The van der Waals surface area contributed by atoms with Gasteiger partial charge in [0, 0.05) is 18.0 Å². The van der Waals surface area contributed by atoms with Gasteiger partial charge in [0.2, 0.25) is 0 Å². The number of hydrogen-bond donors (Lipinski definition) is 2. The zero-order chi connectivity index (χ0) is 14.9. The van der Waals surface area contributed by atoms with Crippen molar-refractivity contribution in [1.82, 2.24) is 10.2 Å². The molecule has 6 heteroatoms. The molecule has 2 rings (SSSR count). The maximum atomic E-state index is 5.91. The summed E-state index contributed by atoms with van der Waals surface area (Å²) in [6.07, 6.45) is 4.82. The highest BCUT2D eigenvalue weighted by Crippen LogP contribution is 2.19. The van der Waals surface area contributed by atoms with Gasteiger partial charge in [-0.2, -0.15) is 0 Å². The Hall–Kier alpha value is -0.340. The van der Waals surface area contributed by atoms with E-state index in [4.69, 9.17) is 5.73 Å². The fourth-order valence-electron chi connectivity index (χ4n) is 2.78. The number of guanidine groups is 1. The van der Waals surface area contributed by atoms with Crippen LogP contribution in [0.15, 0.2) is 22.5 Å². The maximum Gasteiger partial charge on any atom is 0.188 e. The quantitative estimate of drug-likeness (QED) is 0.393. The van der Waals surface area contributed by atoms with Crippen molar-refractivity contribution in [2.75, 3.05) is 32.7 Å². The van der Waals surface area contributed by atoms with Crippen LogP contribution >= 0.6 is 35.3 Å². The van der Waals surface area contributed by atoms with Gasteiger partial charge in [0.1, 0.15) is 0 Å². The van der Waals surface area contributed by atoms with E-state index in [1.807, 2.05) is 0 Å². The summed E-state index contributed by atoms with van der Waals surface area (Å²) in [6, 6.07) is 4.24. The Bertz CT molecular complexity index is 414. The highest BCUT2D eigenvalue weighted by Gasteiger charge is 2.17. The van der Waals surface area contributed by atoms with Crippen molar-refractivity contribution in [3.8, 4) is 0 Å². The van der Waals surface area contributed by atoms with Crippen LogP contribution in [0.5, 0.6) is 0 Å². The minimum absolute atomic E-state index is 0. The van der Waals surface area contributed by atoms with Gasteiger partial charge in [-0.15, -0.1) is 35.3 Å². The smallest absolute Gasteiger partial charge is 0.188 e. The molecule has 2 heterocycles. The molecule has 0 amide bonds. The molecule has 0 aromatic carbocycles. The number of piperidine rings is 1. The van der Waals surface area contributed by atoms with Crippen molar-refractivity contribution < 1.29 is 0 Å². The summed E-state index contributed by atoms with van der Waals surface area (Å²) in [5.74, 6) is 1.42. The second-order valence-electron chi connectivity index (χ2n) is 5.69. The predicted octanol–water partition coefficient (Wildman–Crippen LogP) is 2.93. The van der Waals surface area contributed by atoms with Gasteiger partial charge in [0.05, 0.1) is 0 Å². The number of nitrogens with two attached hydrogens (primary N) is 1. The van der Waals surface area contributed by atoms with Gasteiger partial charge in [-0.3, -0.25) is 4.99 Å². The molecule has 0 bridgehead atoms. The normalized spacial score (nSPS) is 17.2. The Balaban J connectivity index is 0.00000242. The molecule has 1 aliphatic rings. The van der Waals surface area contributed by atoms with Gasteiger partial charge in [-0.1, -0.05) is 13.0 Å². The fraction of sp³-hybridized carbons (Fsp3) is 0.688. The molecule has 126 valence electrons. The van der Waals surface area contributed by atoms with E-state index in [9.17, 15) is 0 Å². The Kier molecular flexibility index (Phi) is 10.1. The molecule has 1 aromatic heterocycles. The number of nitrogens with zero attached hydrogens (tertiary/aromatic N) is 2. The highest BCUT2D eigenvalue weighted by atomic mass is 127. The molecule has 0 radical (unpaired) electrons. The third kappa shape index (κ3) is 7.28. The van der Waals surface area contributed by atoms with Crippen molar-refractivity contribution >= 4 is 41.3 Å². The molecular weight excluding hydrogens is 407 g/mol. The molecule has 1 fully saturated rings. The van der Waals surface area contributed by atoms with Crippen LogP contribution in [0.2, 0.25) is 0 Å². The van der Waals surface area contributed by atoms with Crippen LogP contribution in [0.25, 0.3) is 0 Å². The Morgan fingerprint density at radius 2 is 2.23 bits per heavy atom. The van der Waals surface area contributed by atoms with Crippen LogP contribution in [0.3, 0.4) is 0 Å². The monoisotopic (exact) mass is 436 g/mol. The molecule has 1 aromatic rings. The summed E-state index contributed by atoms with van der Waals surface area (Å²) in [4.78, 5) is 8.36. The number of aliphatic imine (C=N–C) groups is 1. The third-order valence-electron chi connectivity index (χ3n) is 4.23. The zero-order valence-electron chi connectivity index (χ0n) is 13.5. The van der Waals surface area contributed by atoms with Crippen LogP contribution in [0.4, 0.5) is 0 Å². The summed E-state index contributed by atoms with van der Waals surface area (Å²) in [5, 5.41) is 5.31. The van der Waals surface area contributed by atoms with Crippen molar-refractivity contribution in [3.05, 3.63) is 22.4 Å². The Morgan fingerprint density at radius 1 is 1.45 bits per heavy atom. The van der Waals surface area contributed by atoms with E-state index >= 15 is 0 Å². The number of likely N-dealkylation sites (tertiary alicyclic amines) is 1. The van der Waals surface area contributed by atoms with E-state index < -0.39 is 0 Å². The molecule has 0 unspecified atom stereocenters. The lowest BCUT2D eigenvalue weighted by atomic mass is 9.94. The molecule has 0 aliphatic carbocycles. The minimum atomic E-state index is 0. The number of thiophene rings is 1. The van der Waals surface area contributed by atoms with E-state index in [0.29, 0.717) is 5.96 Å². The lowest BCUT2D eigenvalue weighted by Crippen LogP contribution is -2.34. The fourth-order valence-corrected chi connectivity index (χ4v) is 3.49. The molecule has 0 atom stereocenters. The maximum absolute atomic E-state index is 5.91. The van der Waals surface area contributed by atoms with E-state index in [1.54, 1.807) is 11.3 Å². The van der Waals surface area contributed by atoms with Crippen LogP contribution in [0.1, 0.15) is 31.1 Å². The van der Waals surface area contributed by atoms with Crippen LogP contribution < -0.4 is 11.1 Å². The second-order valence-corrected chi connectivity index (χ2v) is 6.72. The first-order valence-corrected chi connectivity index (χ1v) is 8.94. The molecular formula is C16H29IN4S. The summed E-state index contributed by atoms with van der Waals surface area (Å²) >= 11 is 1.79. The van der Waals surface area contributed by atoms with Crippen LogP contribution in [-0.4, -0.2) is 43.6 Å². The third-order valence-corrected chi connectivity index (χ3v) is 5.17. The van der Waals surface area contributed by atoms with Crippen molar-refractivity contribution in [1.29, 1.82) is 0 Å². The summed E-state index contributed by atoms with van der Waals surface area (Å²) in [6.45, 7) is 7.65. The lowest BCUT2D eigenvalue weighted by Gasteiger charge is -2.30. The first kappa shape index (κ1) is 19.7. The average molecular weight is 436 g/mol. The van der Waals surface area contributed by atoms with Gasteiger partial charge >= 0.3 is 0 Å². The second kappa shape index (κ2) is 11.2. The lowest BCUT2D eigenvalue weighted by molar-refractivity contribution is 0.188. The van der Waals surface area contributed by atoms with Gasteiger partial charge in [-0.05, 0) is 62.7 Å². The SMILES string of the molecule is CCN1CCC(CCN=C(N)NCCc2cccs2)CC1.I. The van der Waals surface area contributed by atoms with Crippen molar-refractivity contribution in [2.45, 2.75) is 32.6 Å². The average Bonchev–Trinajstić information content (AvgIpc) is 3.01. The van der Waals surface area contributed by atoms with Gasteiger partial charge in [-0.25, -0.2) is 0 Å². The molecule has 1 aliphatic heterocycles. The Labute approximate surface area is 155 Å². The van der Waals surface area contributed by atoms with Crippen molar-refractivity contribution in [3.63, 3.8) is 0 Å². The molecule has 0 saturated carbocycles. The topological polar surface area (TPSA) is 53.6 Å². The molecule has 22 heavy (non-hydrogen) atoms. The number of hydrogen-bond acceptors (Lipinski definition) is 3. The standard InChI is InChI=1S/C16H28N4S.HI/c1-2-20-11-7-14(8-12-20)5-9-18-16(17)19-10-6-15-4-3-13-21-15;/h3-4,13-14H,2,5-12H2,1H3,(H3,17,18,19);1H. The van der Waals surface area contributed by atoms with E-state index in [2.05, 4.69) is 39.6 Å². The van der Waals surface area contributed by atoms with Gasteiger partial charge in [0.15, 0.2) is 5.96 Å². The summed E-state index contributed by atoms with van der Waals surface area (Å²) < 4.78 is 0. The zero-order valence-corrected chi connectivity index (χ0v) is 16.6. The largest absolute Gasteiger partial charge is 0.370 e. The van der Waals surface area contributed by atoms with E-state index in [0.717, 1.165) is 25.4 Å². The molecule has 3 N–H and O–H groups in total.